The topological polar surface area (TPSA) is 63.4 Å². The van der Waals surface area contributed by atoms with E-state index in [0.29, 0.717) is 12.2 Å². The number of anilines is 1. The molecule has 0 saturated heterocycles. The van der Waals surface area contributed by atoms with Gasteiger partial charge in [-0.15, -0.1) is 0 Å². The maximum atomic E-state index is 11.6. The van der Waals surface area contributed by atoms with Crippen LogP contribution in [0, 0.1) is 0 Å². The van der Waals surface area contributed by atoms with E-state index in [1.54, 1.807) is 6.07 Å². The van der Waals surface area contributed by atoms with Crippen LogP contribution in [0.2, 0.25) is 0 Å². The molecule has 0 bridgehead atoms. The Morgan fingerprint density at radius 1 is 1.50 bits per heavy atom. The predicted octanol–water partition coefficient (Wildman–Crippen LogP) is 1.59. The molecule has 0 saturated carbocycles. The van der Waals surface area contributed by atoms with E-state index in [0.717, 1.165) is 22.4 Å². The molecule has 0 radical (unpaired) electrons. The quantitative estimate of drug-likeness (QED) is 0.662. The Balaban J connectivity index is 2.38. The van der Waals surface area contributed by atoms with Gasteiger partial charge in [0, 0.05) is 15.9 Å². The molecule has 2 N–H and O–H groups in total. The molecule has 1 aromatic carbocycles. The van der Waals surface area contributed by atoms with Crippen molar-refractivity contribution < 1.29 is 9.59 Å². The van der Waals surface area contributed by atoms with Crippen molar-refractivity contribution in [1.82, 2.24) is 0 Å². The van der Waals surface area contributed by atoms with Crippen molar-refractivity contribution in [2.75, 3.05) is 11.4 Å². The highest BCUT2D eigenvalue weighted by Gasteiger charge is 2.30. The van der Waals surface area contributed by atoms with Crippen LogP contribution < -0.4 is 10.6 Å². The molecule has 5 heteroatoms. The van der Waals surface area contributed by atoms with Crippen LogP contribution in [0.15, 0.2) is 18.2 Å². The van der Waals surface area contributed by atoms with E-state index < -0.39 is 4.82 Å². The molecule has 0 fully saturated rings. The number of imide groups is 1. The summed E-state index contributed by atoms with van der Waals surface area (Å²) in [5, 5.41) is 0. The Labute approximate surface area is 102 Å². The van der Waals surface area contributed by atoms with E-state index in [1.807, 2.05) is 12.1 Å². The zero-order chi connectivity index (χ0) is 11.7. The second-order valence-electron chi connectivity index (χ2n) is 3.66. The molecule has 16 heavy (non-hydrogen) atoms. The zero-order valence-corrected chi connectivity index (χ0v) is 10.2. The smallest absolute Gasteiger partial charge is 0.300 e. The van der Waals surface area contributed by atoms with Crippen LogP contribution in [-0.4, -0.2) is 17.3 Å². The summed E-state index contributed by atoms with van der Waals surface area (Å²) in [4.78, 5) is 23.6. The average molecular weight is 283 g/mol. The summed E-state index contributed by atoms with van der Waals surface area (Å²) >= 11 is 2.81. The third-order valence-electron chi connectivity index (χ3n) is 2.58. The monoisotopic (exact) mass is 282 g/mol. The number of nitrogens with two attached hydrogens (primary N) is 1. The number of fused-ring (bicyclic) bond motifs is 1. The normalized spacial score (nSPS) is 14.1. The number of carbonyl (C=O) groups excluding carboxylic acids is 2. The van der Waals surface area contributed by atoms with E-state index in [4.69, 9.17) is 5.73 Å². The number of hydrogen-bond acceptors (Lipinski definition) is 3. The lowest BCUT2D eigenvalue weighted by molar-refractivity contribution is -0.116. The van der Waals surface area contributed by atoms with Crippen molar-refractivity contribution >= 4 is 32.3 Å². The Morgan fingerprint density at radius 3 is 2.88 bits per heavy atom. The summed E-state index contributed by atoms with van der Waals surface area (Å²) in [6, 6.07) is 5.63. The van der Waals surface area contributed by atoms with Crippen molar-refractivity contribution in [3.63, 3.8) is 0 Å². The molecular weight excluding hydrogens is 272 g/mol. The first-order chi connectivity index (χ1) is 7.63. The molecule has 0 aliphatic carbocycles. The van der Waals surface area contributed by atoms with Gasteiger partial charge in [0.05, 0.1) is 12.1 Å². The molecule has 2 rings (SSSR count). The van der Waals surface area contributed by atoms with Crippen LogP contribution in [0.3, 0.4) is 0 Å². The Morgan fingerprint density at radius 2 is 2.25 bits per heavy atom. The van der Waals surface area contributed by atoms with Gasteiger partial charge in [0.1, 0.15) is 0 Å². The second kappa shape index (κ2) is 4.35. The van der Waals surface area contributed by atoms with Crippen molar-refractivity contribution in [2.24, 2.45) is 5.73 Å². The van der Waals surface area contributed by atoms with Gasteiger partial charge in [0.2, 0.25) is 5.91 Å². The van der Waals surface area contributed by atoms with Crippen LogP contribution in [0.1, 0.15) is 11.1 Å². The molecule has 0 atom stereocenters. The molecule has 1 heterocycles. The SMILES string of the molecule is NCCc1ccc2c(c1)CC(=O)N2C(=O)Br. The van der Waals surface area contributed by atoms with Crippen molar-refractivity contribution in [3.8, 4) is 0 Å². The lowest BCUT2D eigenvalue weighted by Gasteiger charge is -2.11. The number of nitrogens with zero attached hydrogens (tertiary/aromatic N) is 1. The van der Waals surface area contributed by atoms with E-state index in [-0.39, 0.29) is 12.3 Å². The minimum atomic E-state index is -0.414. The summed E-state index contributed by atoms with van der Waals surface area (Å²) in [7, 11) is 0. The first kappa shape index (κ1) is 11.3. The molecule has 4 nitrogen and oxygen atoms in total. The number of carbonyl (C=O) groups is 2. The molecule has 0 aromatic heterocycles. The van der Waals surface area contributed by atoms with Crippen LogP contribution in [0.5, 0.6) is 0 Å². The first-order valence-electron chi connectivity index (χ1n) is 4.97. The van der Waals surface area contributed by atoms with Crippen molar-refractivity contribution in [3.05, 3.63) is 29.3 Å². The lowest BCUT2D eigenvalue weighted by Crippen LogP contribution is -2.28. The molecule has 1 aromatic rings. The fourth-order valence-electron chi connectivity index (χ4n) is 1.89. The average Bonchev–Trinajstić information content (AvgIpc) is 2.53. The zero-order valence-electron chi connectivity index (χ0n) is 8.57. The highest BCUT2D eigenvalue weighted by Crippen LogP contribution is 2.31. The minimum Gasteiger partial charge on any atom is -0.330 e. The van der Waals surface area contributed by atoms with Gasteiger partial charge < -0.3 is 5.73 Å². The molecule has 2 amide bonds. The maximum Gasteiger partial charge on any atom is 0.300 e. The number of halogens is 1. The van der Waals surface area contributed by atoms with Gasteiger partial charge in [0.25, 0.3) is 0 Å². The lowest BCUT2D eigenvalue weighted by atomic mass is 10.1. The molecule has 1 aliphatic rings. The predicted molar refractivity (Wildman–Crippen MR) is 64.7 cm³/mol. The van der Waals surface area contributed by atoms with Gasteiger partial charge >= 0.3 is 4.82 Å². The number of amides is 2. The summed E-state index contributed by atoms with van der Waals surface area (Å²) < 4.78 is 0. The van der Waals surface area contributed by atoms with Gasteiger partial charge in [-0.3, -0.25) is 9.59 Å². The van der Waals surface area contributed by atoms with Crippen molar-refractivity contribution in [2.45, 2.75) is 12.8 Å². The fourth-order valence-corrected chi connectivity index (χ4v) is 2.28. The molecule has 84 valence electrons. The van der Waals surface area contributed by atoms with E-state index in [1.165, 1.54) is 0 Å². The molecule has 0 unspecified atom stereocenters. The molecule has 1 aliphatic heterocycles. The Kier molecular flexibility index (Phi) is 3.07. The fraction of sp³-hybridized carbons (Fsp3) is 0.273. The standard InChI is InChI=1S/C11H11BrN2O2/c12-11(16)14-9-2-1-7(3-4-13)5-8(9)6-10(14)15/h1-2,5H,3-4,6,13H2. The highest BCUT2D eigenvalue weighted by atomic mass is 79.9. The highest BCUT2D eigenvalue weighted by molar-refractivity contribution is 9.18. The van der Waals surface area contributed by atoms with Crippen LogP contribution in [0.4, 0.5) is 10.5 Å². The Bertz CT molecular complexity index is 459. The van der Waals surface area contributed by atoms with Crippen LogP contribution in [-0.2, 0) is 17.6 Å². The van der Waals surface area contributed by atoms with E-state index in [9.17, 15) is 9.59 Å². The summed E-state index contributed by atoms with van der Waals surface area (Å²) in [6.07, 6.45) is 1.06. The number of rotatable bonds is 2. The third kappa shape index (κ3) is 1.88. The van der Waals surface area contributed by atoms with Gasteiger partial charge in [0.15, 0.2) is 0 Å². The van der Waals surface area contributed by atoms with Crippen LogP contribution >= 0.6 is 15.9 Å². The molecular formula is C11H11BrN2O2. The third-order valence-corrected chi connectivity index (χ3v) is 2.94. The Hall–Kier alpha value is -1.20. The largest absolute Gasteiger partial charge is 0.330 e. The minimum absolute atomic E-state index is 0.193. The van der Waals surface area contributed by atoms with Gasteiger partial charge in [-0.25, -0.2) is 4.90 Å². The van der Waals surface area contributed by atoms with Crippen LogP contribution in [0.25, 0.3) is 0 Å². The number of benzene rings is 1. The summed E-state index contributed by atoms with van der Waals surface area (Å²) in [6.45, 7) is 0.577. The first-order valence-corrected chi connectivity index (χ1v) is 5.77. The molecule has 0 spiro atoms. The van der Waals surface area contributed by atoms with Gasteiger partial charge in [-0.2, -0.15) is 0 Å². The van der Waals surface area contributed by atoms with Crippen molar-refractivity contribution in [1.29, 1.82) is 0 Å². The van der Waals surface area contributed by atoms with E-state index >= 15 is 0 Å². The number of hydrogen-bond donors (Lipinski definition) is 1. The van der Waals surface area contributed by atoms with E-state index in [2.05, 4.69) is 15.9 Å². The maximum absolute atomic E-state index is 11.6. The van der Waals surface area contributed by atoms with Gasteiger partial charge in [-0.05, 0) is 30.2 Å². The van der Waals surface area contributed by atoms with Gasteiger partial charge in [-0.1, -0.05) is 12.1 Å². The summed E-state index contributed by atoms with van der Waals surface area (Å²) in [5.41, 5.74) is 8.13. The summed E-state index contributed by atoms with van der Waals surface area (Å²) in [5.74, 6) is -0.193. The second-order valence-corrected chi connectivity index (χ2v) is 4.34.